The van der Waals surface area contributed by atoms with Crippen LogP contribution in [0.5, 0.6) is 0 Å². The van der Waals surface area contributed by atoms with Crippen LogP contribution in [-0.4, -0.2) is 57.6 Å². The van der Waals surface area contributed by atoms with Gasteiger partial charge in [0.25, 0.3) is 0 Å². The lowest BCUT2D eigenvalue weighted by molar-refractivity contribution is -0.150. The van der Waals surface area contributed by atoms with Crippen LogP contribution in [0.3, 0.4) is 0 Å². The number of likely N-dealkylation sites (tertiary alicyclic amines) is 1. The van der Waals surface area contributed by atoms with E-state index < -0.39 is 35.1 Å². The van der Waals surface area contributed by atoms with Gasteiger partial charge in [-0.3, -0.25) is 14.4 Å². The van der Waals surface area contributed by atoms with Gasteiger partial charge in [0.05, 0.1) is 30.1 Å². The number of nitrogens with zero attached hydrogens (tertiary/aromatic N) is 1. The molecule has 3 amide bonds. The summed E-state index contributed by atoms with van der Waals surface area (Å²) >= 11 is 0. The van der Waals surface area contributed by atoms with Crippen molar-refractivity contribution in [1.82, 2.24) is 10.2 Å². The Balaban J connectivity index is 1.38. The molecule has 6 atom stereocenters. The van der Waals surface area contributed by atoms with E-state index in [0.717, 1.165) is 11.1 Å². The number of benzene rings is 3. The third-order valence-corrected chi connectivity index (χ3v) is 9.42. The number of hydrogen-bond donors (Lipinski definition) is 3. The first-order valence-electron chi connectivity index (χ1n) is 14.8. The van der Waals surface area contributed by atoms with Crippen molar-refractivity contribution >= 4 is 23.4 Å². The van der Waals surface area contributed by atoms with Crippen LogP contribution >= 0.6 is 0 Å². The third-order valence-electron chi connectivity index (χ3n) is 9.42. The molecule has 218 valence electrons. The highest BCUT2D eigenvalue weighted by Crippen LogP contribution is 2.64. The lowest BCUT2D eigenvalue weighted by atomic mass is 9.65. The van der Waals surface area contributed by atoms with Crippen molar-refractivity contribution in [2.75, 3.05) is 11.9 Å². The molecule has 6 rings (SSSR count). The topological polar surface area (TPSA) is 108 Å². The fourth-order valence-corrected chi connectivity index (χ4v) is 7.51. The largest absolute Gasteiger partial charge is 0.394 e. The second-order valence-corrected chi connectivity index (χ2v) is 11.7. The van der Waals surface area contributed by atoms with Crippen LogP contribution in [0.1, 0.15) is 37.3 Å². The van der Waals surface area contributed by atoms with E-state index in [9.17, 15) is 19.5 Å². The Morgan fingerprint density at radius 2 is 1.55 bits per heavy atom. The zero-order valence-electron chi connectivity index (χ0n) is 23.7. The quantitative estimate of drug-likeness (QED) is 0.346. The van der Waals surface area contributed by atoms with Gasteiger partial charge in [-0.1, -0.05) is 85.8 Å². The Labute approximate surface area is 246 Å². The Hall–Kier alpha value is -4.01. The Kier molecular flexibility index (Phi) is 7.60. The van der Waals surface area contributed by atoms with Gasteiger partial charge in [-0.25, -0.2) is 0 Å². The van der Waals surface area contributed by atoms with Crippen molar-refractivity contribution in [2.45, 2.75) is 62.4 Å². The summed E-state index contributed by atoms with van der Waals surface area (Å²) in [5, 5.41) is 16.7. The zero-order valence-corrected chi connectivity index (χ0v) is 23.7. The van der Waals surface area contributed by atoms with Crippen molar-refractivity contribution in [2.24, 2.45) is 11.8 Å². The van der Waals surface area contributed by atoms with Crippen molar-refractivity contribution in [3.63, 3.8) is 0 Å². The molecule has 8 nitrogen and oxygen atoms in total. The standard InChI is InChI=1S/C34H37N3O5/c1-2-33-18-19-34(42-33)28(27(33)30(39)36-25-16-10-5-11-17-25)32(41)37(26(22-38)20-23-12-6-3-7-13-23)29(34)31(40)35-21-24-14-8-4-9-15-24/h3-17,26-29,38H,2,18-22H2,1H3,(H,35,40)(H,36,39)/t26-,27+,28+,29?,33-,34?/m1/s1. The molecule has 0 radical (unpaired) electrons. The minimum atomic E-state index is -1.17. The molecule has 2 unspecified atom stereocenters. The normalized spacial score (nSPS) is 28.4. The number of para-hydroxylation sites is 1. The Morgan fingerprint density at radius 3 is 2.17 bits per heavy atom. The maximum atomic E-state index is 14.6. The molecule has 0 aromatic heterocycles. The second kappa shape index (κ2) is 11.3. The third kappa shape index (κ3) is 4.68. The van der Waals surface area contributed by atoms with Gasteiger partial charge in [0.2, 0.25) is 17.7 Å². The summed E-state index contributed by atoms with van der Waals surface area (Å²) in [6, 6.07) is 26.7. The fraction of sp³-hybridized carbons (Fsp3) is 0.382. The highest BCUT2D eigenvalue weighted by molar-refractivity contribution is 6.02. The van der Waals surface area contributed by atoms with Gasteiger partial charge >= 0.3 is 0 Å². The SMILES string of the molecule is CC[C@]12CCC3(O1)C(C(=O)NCc1ccccc1)N([C@@H](CO)Cc1ccccc1)C(=O)[C@@H]3[C@H]2C(=O)Nc1ccccc1. The monoisotopic (exact) mass is 567 g/mol. The number of rotatable bonds is 10. The zero-order chi connectivity index (χ0) is 29.3. The number of anilines is 1. The Morgan fingerprint density at radius 1 is 0.929 bits per heavy atom. The summed E-state index contributed by atoms with van der Waals surface area (Å²) in [6.07, 6.45) is 1.96. The number of carbonyl (C=O) groups is 3. The van der Waals surface area contributed by atoms with Gasteiger partial charge in [-0.15, -0.1) is 0 Å². The van der Waals surface area contributed by atoms with Crippen molar-refractivity contribution < 1.29 is 24.2 Å². The van der Waals surface area contributed by atoms with Crippen molar-refractivity contribution in [1.29, 1.82) is 0 Å². The minimum absolute atomic E-state index is 0.281. The minimum Gasteiger partial charge on any atom is -0.394 e. The van der Waals surface area contributed by atoms with E-state index in [1.54, 1.807) is 0 Å². The first-order chi connectivity index (χ1) is 20.4. The first-order valence-corrected chi connectivity index (χ1v) is 14.8. The number of carbonyl (C=O) groups excluding carboxylic acids is 3. The van der Waals surface area contributed by atoms with Crippen LogP contribution in [0, 0.1) is 11.8 Å². The van der Waals surface area contributed by atoms with Gasteiger partial charge in [0.1, 0.15) is 11.6 Å². The highest BCUT2D eigenvalue weighted by atomic mass is 16.5. The van der Waals surface area contributed by atoms with Crippen LogP contribution in [0.2, 0.25) is 0 Å². The number of amides is 3. The van der Waals surface area contributed by atoms with Crippen molar-refractivity contribution in [3.05, 3.63) is 102 Å². The summed E-state index contributed by atoms with van der Waals surface area (Å²) in [4.78, 5) is 44.2. The molecule has 3 aliphatic rings. The average molecular weight is 568 g/mol. The van der Waals surface area contributed by atoms with Crippen LogP contribution in [0.15, 0.2) is 91.0 Å². The summed E-state index contributed by atoms with van der Waals surface area (Å²) in [7, 11) is 0. The number of hydrogen-bond acceptors (Lipinski definition) is 5. The Bertz CT molecular complexity index is 1440. The lowest BCUT2D eigenvalue weighted by Crippen LogP contribution is -2.58. The second-order valence-electron chi connectivity index (χ2n) is 11.7. The molecule has 3 aliphatic heterocycles. The molecule has 3 N–H and O–H groups in total. The van der Waals surface area contributed by atoms with Gasteiger partial charge in [-0.2, -0.15) is 0 Å². The molecule has 42 heavy (non-hydrogen) atoms. The van der Waals surface area contributed by atoms with Gasteiger partial charge < -0.3 is 25.4 Å². The van der Waals surface area contributed by atoms with E-state index >= 15 is 0 Å². The summed E-state index contributed by atoms with van der Waals surface area (Å²) in [5.41, 5.74) is 0.493. The van der Waals surface area contributed by atoms with Crippen LogP contribution in [-0.2, 0) is 32.1 Å². The molecule has 3 heterocycles. The molecular formula is C34H37N3O5. The molecule has 0 aliphatic carbocycles. The smallest absolute Gasteiger partial charge is 0.246 e. The van der Waals surface area contributed by atoms with E-state index in [1.165, 1.54) is 4.90 Å². The fourth-order valence-electron chi connectivity index (χ4n) is 7.51. The van der Waals surface area contributed by atoms with E-state index in [2.05, 4.69) is 10.6 Å². The molecule has 0 saturated carbocycles. The molecule has 1 spiro atoms. The molecular weight excluding hydrogens is 530 g/mol. The van der Waals surface area contributed by atoms with Crippen LogP contribution in [0.25, 0.3) is 0 Å². The highest BCUT2D eigenvalue weighted by Gasteiger charge is 2.79. The van der Waals surface area contributed by atoms with Gasteiger partial charge in [0, 0.05) is 12.2 Å². The van der Waals surface area contributed by atoms with Crippen LogP contribution in [0.4, 0.5) is 5.69 Å². The maximum absolute atomic E-state index is 14.6. The average Bonchev–Trinajstić information content (AvgIpc) is 3.64. The van der Waals surface area contributed by atoms with E-state index in [4.69, 9.17) is 4.74 Å². The number of aliphatic hydroxyl groups excluding tert-OH is 1. The van der Waals surface area contributed by atoms with E-state index in [1.807, 2.05) is 97.9 Å². The molecule has 3 fully saturated rings. The van der Waals surface area contributed by atoms with Crippen LogP contribution < -0.4 is 10.6 Å². The van der Waals surface area contributed by atoms with Crippen molar-refractivity contribution in [3.8, 4) is 0 Å². The molecule has 3 saturated heterocycles. The molecule has 3 aromatic rings. The number of ether oxygens (including phenoxy) is 1. The maximum Gasteiger partial charge on any atom is 0.246 e. The molecule has 2 bridgehead atoms. The molecule has 8 heteroatoms. The predicted molar refractivity (Wildman–Crippen MR) is 158 cm³/mol. The number of nitrogens with one attached hydrogen (secondary N) is 2. The van der Waals surface area contributed by atoms with Gasteiger partial charge in [0.15, 0.2) is 0 Å². The summed E-state index contributed by atoms with van der Waals surface area (Å²) in [6.45, 7) is 1.94. The van der Waals surface area contributed by atoms with Gasteiger partial charge in [-0.05, 0) is 48.9 Å². The summed E-state index contributed by atoms with van der Waals surface area (Å²) < 4.78 is 6.86. The summed E-state index contributed by atoms with van der Waals surface area (Å²) in [5.74, 6) is -2.54. The predicted octanol–water partition coefficient (Wildman–Crippen LogP) is 3.70. The van der Waals surface area contributed by atoms with E-state index in [0.29, 0.717) is 31.4 Å². The van der Waals surface area contributed by atoms with E-state index in [-0.39, 0.29) is 30.9 Å². The first kappa shape index (κ1) is 28.1. The number of fused-ring (bicyclic) bond motifs is 1. The number of aliphatic hydroxyl groups is 1. The lowest BCUT2D eigenvalue weighted by Gasteiger charge is -2.37. The molecule has 3 aromatic carbocycles.